The Kier molecular flexibility index (Phi) is 6.29. The van der Waals surface area contributed by atoms with Crippen LogP contribution in [-0.4, -0.2) is 53.5 Å². The first-order chi connectivity index (χ1) is 14.6. The molecular weight excluding hydrogens is 394 g/mol. The van der Waals surface area contributed by atoms with Gasteiger partial charge in [0.25, 0.3) is 5.91 Å². The predicted molar refractivity (Wildman–Crippen MR) is 125 cm³/mol. The number of thiophene rings is 1. The number of para-hydroxylation sites is 1. The van der Waals surface area contributed by atoms with Crippen LogP contribution < -0.4 is 10.2 Å². The van der Waals surface area contributed by atoms with E-state index < -0.39 is 0 Å². The first-order valence-electron chi connectivity index (χ1n) is 10.7. The molecule has 1 saturated heterocycles. The molecule has 1 fully saturated rings. The maximum Gasteiger partial charge on any atom is 0.266 e. The van der Waals surface area contributed by atoms with Crippen molar-refractivity contribution >= 4 is 39.0 Å². The van der Waals surface area contributed by atoms with Crippen molar-refractivity contribution in [3.8, 4) is 0 Å². The van der Waals surface area contributed by atoms with Gasteiger partial charge in [0.05, 0.1) is 10.3 Å². The molecule has 1 N–H and O–H groups in total. The van der Waals surface area contributed by atoms with Crippen molar-refractivity contribution in [3.05, 3.63) is 46.6 Å². The van der Waals surface area contributed by atoms with Gasteiger partial charge in [0.2, 0.25) is 0 Å². The van der Waals surface area contributed by atoms with E-state index in [1.807, 2.05) is 25.1 Å². The molecule has 1 aromatic carbocycles. The Morgan fingerprint density at radius 1 is 1.13 bits per heavy atom. The molecule has 0 unspecified atom stereocenters. The number of nitrogens with one attached hydrogen (secondary N) is 1. The molecule has 0 radical (unpaired) electrons. The molecule has 1 amide bonds. The third-order valence-electron chi connectivity index (χ3n) is 5.77. The number of benzene rings is 1. The van der Waals surface area contributed by atoms with Crippen LogP contribution in [0.3, 0.4) is 0 Å². The number of hydrogen-bond acceptors (Lipinski definition) is 6. The van der Waals surface area contributed by atoms with Crippen LogP contribution in [0.1, 0.15) is 41.1 Å². The number of anilines is 2. The molecule has 30 heavy (non-hydrogen) atoms. The number of hydrogen-bond donors (Lipinski definition) is 1. The van der Waals surface area contributed by atoms with Gasteiger partial charge in [-0.2, -0.15) is 0 Å². The first-order valence-corrected chi connectivity index (χ1v) is 11.5. The lowest BCUT2D eigenvalue weighted by molar-refractivity contribution is 0.103. The van der Waals surface area contributed by atoms with Crippen LogP contribution >= 0.6 is 11.3 Å². The number of fused-ring (bicyclic) bond motifs is 1. The molecule has 1 aliphatic heterocycles. The summed E-state index contributed by atoms with van der Waals surface area (Å²) in [6, 6.07) is 7.96. The van der Waals surface area contributed by atoms with Gasteiger partial charge in [-0.3, -0.25) is 9.69 Å². The summed E-state index contributed by atoms with van der Waals surface area (Å²) in [7, 11) is 0. The highest BCUT2D eigenvalue weighted by atomic mass is 32.1. The Labute approximate surface area is 181 Å². The SMILES string of the molecule is CCCN1CCN(c2ncnc3sc(C(=O)Nc4ccccc4CC)c(C)c23)CC1. The number of carbonyl (C=O) groups is 1. The van der Waals surface area contributed by atoms with Gasteiger partial charge in [-0.1, -0.05) is 32.0 Å². The lowest BCUT2D eigenvalue weighted by Gasteiger charge is -2.35. The number of carbonyl (C=O) groups excluding carboxylic acids is 1. The number of amides is 1. The number of nitrogens with zero attached hydrogens (tertiary/aromatic N) is 4. The fraction of sp³-hybridized carbons (Fsp3) is 0.435. The highest BCUT2D eigenvalue weighted by Crippen LogP contribution is 2.35. The Bertz CT molecular complexity index is 1040. The molecule has 3 heterocycles. The maximum atomic E-state index is 13.1. The molecule has 158 valence electrons. The van der Waals surface area contributed by atoms with Crippen LogP contribution in [-0.2, 0) is 6.42 Å². The average molecular weight is 424 g/mol. The zero-order chi connectivity index (χ0) is 21.1. The average Bonchev–Trinajstić information content (AvgIpc) is 3.12. The molecule has 2 aromatic heterocycles. The molecule has 7 heteroatoms. The second kappa shape index (κ2) is 9.10. The normalized spacial score (nSPS) is 15.0. The molecule has 0 atom stereocenters. The predicted octanol–water partition coefficient (Wildman–Crippen LogP) is 4.35. The van der Waals surface area contributed by atoms with E-state index in [0.29, 0.717) is 4.88 Å². The molecule has 6 nitrogen and oxygen atoms in total. The number of rotatable bonds is 6. The quantitative estimate of drug-likeness (QED) is 0.639. The zero-order valence-corrected chi connectivity index (χ0v) is 18.8. The van der Waals surface area contributed by atoms with Gasteiger partial charge in [-0.25, -0.2) is 9.97 Å². The van der Waals surface area contributed by atoms with Gasteiger partial charge in [0.15, 0.2) is 0 Å². The number of aromatic nitrogens is 2. The Morgan fingerprint density at radius 3 is 2.63 bits per heavy atom. The van der Waals surface area contributed by atoms with Crippen LogP contribution in [0.5, 0.6) is 0 Å². The molecule has 0 saturated carbocycles. The van der Waals surface area contributed by atoms with Crippen molar-refractivity contribution in [2.45, 2.75) is 33.6 Å². The van der Waals surface area contributed by atoms with Gasteiger partial charge >= 0.3 is 0 Å². The summed E-state index contributed by atoms with van der Waals surface area (Å²) in [4.78, 5) is 28.6. The lowest BCUT2D eigenvalue weighted by atomic mass is 10.1. The molecule has 0 aliphatic carbocycles. The maximum absolute atomic E-state index is 13.1. The van der Waals surface area contributed by atoms with E-state index in [-0.39, 0.29) is 5.91 Å². The first kappa shape index (κ1) is 20.8. The van der Waals surface area contributed by atoms with Crippen LogP contribution in [0.25, 0.3) is 10.2 Å². The van der Waals surface area contributed by atoms with E-state index in [9.17, 15) is 4.79 Å². The summed E-state index contributed by atoms with van der Waals surface area (Å²) >= 11 is 1.45. The third-order valence-corrected chi connectivity index (χ3v) is 6.97. The summed E-state index contributed by atoms with van der Waals surface area (Å²) < 4.78 is 0. The van der Waals surface area contributed by atoms with E-state index in [2.05, 4.69) is 45.0 Å². The van der Waals surface area contributed by atoms with Crippen molar-refractivity contribution in [2.24, 2.45) is 0 Å². The number of piperazine rings is 1. The largest absolute Gasteiger partial charge is 0.353 e. The van der Waals surface area contributed by atoms with Gasteiger partial charge < -0.3 is 10.2 Å². The van der Waals surface area contributed by atoms with Crippen molar-refractivity contribution in [2.75, 3.05) is 42.9 Å². The van der Waals surface area contributed by atoms with E-state index in [0.717, 1.165) is 72.0 Å². The topological polar surface area (TPSA) is 61.4 Å². The smallest absolute Gasteiger partial charge is 0.266 e. The molecule has 1 aliphatic rings. The van der Waals surface area contributed by atoms with Crippen LogP contribution in [0.15, 0.2) is 30.6 Å². The second-order valence-corrected chi connectivity index (χ2v) is 8.73. The van der Waals surface area contributed by atoms with Crippen LogP contribution in [0.4, 0.5) is 11.5 Å². The Balaban J connectivity index is 1.61. The summed E-state index contributed by atoms with van der Waals surface area (Å²) in [5.74, 6) is 0.882. The molecule has 3 aromatic rings. The second-order valence-electron chi connectivity index (χ2n) is 7.73. The highest BCUT2D eigenvalue weighted by molar-refractivity contribution is 7.20. The summed E-state index contributed by atoms with van der Waals surface area (Å²) in [5, 5.41) is 4.12. The van der Waals surface area contributed by atoms with Crippen molar-refractivity contribution < 1.29 is 4.79 Å². The third kappa shape index (κ3) is 4.04. The zero-order valence-electron chi connectivity index (χ0n) is 17.9. The highest BCUT2D eigenvalue weighted by Gasteiger charge is 2.24. The standard InChI is InChI=1S/C23H29N5OS/c1-4-10-27-11-13-28(14-12-27)21-19-16(3)20(30-23(19)25-15-24-21)22(29)26-18-9-7-6-8-17(18)5-2/h6-9,15H,4-5,10-14H2,1-3H3,(H,26,29). The summed E-state index contributed by atoms with van der Waals surface area (Å²) in [6.07, 6.45) is 3.68. The fourth-order valence-corrected chi connectivity index (χ4v) is 5.18. The van der Waals surface area contributed by atoms with Crippen LogP contribution in [0, 0.1) is 6.92 Å². The lowest BCUT2D eigenvalue weighted by Crippen LogP contribution is -2.46. The summed E-state index contributed by atoms with van der Waals surface area (Å²) in [5.41, 5.74) is 2.98. The minimum atomic E-state index is -0.0740. The minimum absolute atomic E-state index is 0.0740. The van der Waals surface area contributed by atoms with Crippen molar-refractivity contribution in [1.29, 1.82) is 0 Å². The van der Waals surface area contributed by atoms with E-state index >= 15 is 0 Å². The van der Waals surface area contributed by atoms with Crippen LogP contribution in [0.2, 0.25) is 0 Å². The van der Waals surface area contributed by atoms with Gasteiger partial charge in [-0.05, 0) is 43.5 Å². The Hall–Kier alpha value is -2.51. The van der Waals surface area contributed by atoms with E-state index in [1.165, 1.54) is 17.8 Å². The molecule has 0 spiro atoms. The molecule has 0 bridgehead atoms. The Morgan fingerprint density at radius 2 is 1.90 bits per heavy atom. The van der Waals surface area contributed by atoms with Gasteiger partial charge in [-0.15, -0.1) is 11.3 Å². The van der Waals surface area contributed by atoms with Gasteiger partial charge in [0, 0.05) is 31.9 Å². The molecular formula is C23H29N5OS. The van der Waals surface area contributed by atoms with E-state index in [1.54, 1.807) is 6.33 Å². The summed E-state index contributed by atoms with van der Waals surface area (Å²) in [6.45, 7) is 11.5. The number of aryl methyl sites for hydroxylation is 2. The minimum Gasteiger partial charge on any atom is -0.353 e. The van der Waals surface area contributed by atoms with Gasteiger partial charge in [0.1, 0.15) is 17.0 Å². The fourth-order valence-electron chi connectivity index (χ4n) is 4.14. The van der Waals surface area contributed by atoms with E-state index in [4.69, 9.17) is 0 Å². The van der Waals surface area contributed by atoms with Crippen molar-refractivity contribution in [1.82, 2.24) is 14.9 Å². The molecule has 4 rings (SSSR count). The van der Waals surface area contributed by atoms with Crippen molar-refractivity contribution in [3.63, 3.8) is 0 Å². The monoisotopic (exact) mass is 423 g/mol.